The number of rotatable bonds is 7. The fraction of sp³-hybridized carbons (Fsp3) is 0.923. The summed E-state index contributed by atoms with van der Waals surface area (Å²) >= 11 is 0. The number of carbonyl (C=O) groups is 1. The fourth-order valence-electron chi connectivity index (χ4n) is 2.25. The minimum atomic E-state index is -1.40. The summed E-state index contributed by atoms with van der Waals surface area (Å²) in [4.78, 5) is 11.7. The fourth-order valence-corrected chi connectivity index (χ4v) is 2.25. The predicted molar refractivity (Wildman–Crippen MR) is 67.5 cm³/mol. The first kappa shape index (κ1) is 16.5. The van der Waals surface area contributed by atoms with Crippen LogP contribution < -0.4 is 0 Å². The van der Waals surface area contributed by atoms with Crippen LogP contribution in [0.15, 0.2) is 0 Å². The second-order valence-electron chi connectivity index (χ2n) is 5.07. The van der Waals surface area contributed by atoms with E-state index in [9.17, 15) is 20.1 Å². The molecular weight excluding hydrogens is 252 g/mol. The third kappa shape index (κ3) is 4.50. The van der Waals surface area contributed by atoms with Crippen molar-refractivity contribution >= 4 is 5.78 Å². The first-order chi connectivity index (χ1) is 9.01. The number of ether oxygens (including phenoxy) is 1. The van der Waals surface area contributed by atoms with Crippen molar-refractivity contribution < 1.29 is 30.0 Å². The van der Waals surface area contributed by atoms with Crippen molar-refractivity contribution in [2.75, 3.05) is 6.61 Å². The highest BCUT2D eigenvalue weighted by Crippen LogP contribution is 2.23. The lowest BCUT2D eigenvalue weighted by Crippen LogP contribution is -2.58. The number of ketones is 1. The summed E-state index contributed by atoms with van der Waals surface area (Å²) in [6.45, 7) is 1.58. The third-order valence-corrected chi connectivity index (χ3v) is 3.48. The summed E-state index contributed by atoms with van der Waals surface area (Å²) in [5.41, 5.74) is 0. The Hall–Kier alpha value is -0.530. The molecule has 0 aromatic rings. The molecule has 6 heteroatoms. The van der Waals surface area contributed by atoms with Gasteiger partial charge >= 0.3 is 0 Å². The molecule has 1 aliphatic rings. The Kier molecular flexibility index (Phi) is 6.88. The minimum Gasteiger partial charge on any atom is -0.394 e. The molecule has 4 N–H and O–H groups in total. The van der Waals surface area contributed by atoms with Crippen molar-refractivity contribution in [3.8, 4) is 0 Å². The van der Waals surface area contributed by atoms with E-state index in [1.165, 1.54) is 0 Å². The molecule has 1 heterocycles. The molecule has 5 atom stereocenters. The maximum absolute atomic E-state index is 11.7. The predicted octanol–water partition coefficient (Wildman–Crippen LogP) is -0.632. The van der Waals surface area contributed by atoms with Gasteiger partial charge in [0.2, 0.25) is 0 Å². The number of unbranched alkanes of at least 4 members (excludes halogenated alkanes) is 2. The van der Waals surface area contributed by atoms with E-state index >= 15 is 0 Å². The van der Waals surface area contributed by atoms with Gasteiger partial charge in [-0.1, -0.05) is 19.8 Å². The molecular formula is C13H24O6. The molecule has 19 heavy (non-hydrogen) atoms. The number of aliphatic hydroxyl groups excluding tert-OH is 4. The number of carbonyl (C=O) groups excluding carboxylic acids is 1. The number of Topliss-reactive ketones (excluding diaryl/α,β-unsaturated/α-hetero) is 1. The van der Waals surface area contributed by atoms with Crippen LogP contribution in [0.1, 0.15) is 39.0 Å². The zero-order valence-corrected chi connectivity index (χ0v) is 11.2. The normalized spacial score (nSPS) is 35.3. The standard InChI is InChI=1S/C13H24O6/c1-2-3-4-5-8(15)6-9-11(16)13(18)12(17)10(7-14)19-9/h9-14,16-18H,2-7H2,1H3/t9?,10-,11+,12+,13-/m1/s1. The zero-order valence-electron chi connectivity index (χ0n) is 11.2. The maximum Gasteiger partial charge on any atom is 0.135 e. The lowest BCUT2D eigenvalue weighted by molar-refractivity contribution is -0.229. The van der Waals surface area contributed by atoms with Gasteiger partial charge in [-0.25, -0.2) is 0 Å². The summed E-state index contributed by atoms with van der Waals surface area (Å²) in [5.74, 6) is -0.0437. The summed E-state index contributed by atoms with van der Waals surface area (Å²) in [7, 11) is 0. The SMILES string of the molecule is CCCCCC(=O)CC1O[C@H](CO)[C@H](O)[C@H](O)[C@H]1O. The van der Waals surface area contributed by atoms with Crippen LogP contribution in [0.5, 0.6) is 0 Å². The Morgan fingerprint density at radius 3 is 2.26 bits per heavy atom. The molecule has 1 unspecified atom stereocenters. The van der Waals surface area contributed by atoms with E-state index < -0.39 is 37.1 Å². The molecule has 1 saturated heterocycles. The van der Waals surface area contributed by atoms with Crippen LogP contribution in [0.4, 0.5) is 0 Å². The van der Waals surface area contributed by atoms with Gasteiger partial charge in [-0.3, -0.25) is 4.79 Å². The van der Waals surface area contributed by atoms with E-state index in [0.29, 0.717) is 6.42 Å². The molecule has 0 aromatic heterocycles. The van der Waals surface area contributed by atoms with Gasteiger partial charge in [-0.2, -0.15) is 0 Å². The lowest BCUT2D eigenvalue weighted by Gasteiger charge is -2.39. The van der Waals surface area contributed by atoms with Gasteiger partial charge in [-0.15, -0.1) is 0 Å². The van der Waals surface area contributed by atoms with Crippen LogP contribution >= 0.6 is 0 Å². The zero-order chi connectivity index (χ0) is 14.4. The van der Waals surface area contributed by atoms with Crippen LogP contribution in [-0.2, 0) is 9.53 Å². The van der Waals surface area contributed by atoms with Gasteiger partial charge < -0.3 is 25.2 Å². The smallest absolute Gasteiger partial charge is 0.135 e. The van der Waals surface area contributed by atoms with Crippen molar-refractivity contribution in [3.05, 3.63) is 0 Å². The minimum absolute atomic E-state index is 0.00877. The summed E-state index contributed by atoms with van der Waals surface area (Å²) in [6.07, 6.45) is -2.69. The van der Waals surface area contributed by atoms with E-state index in [2.05, 4.69) is 0 Å². The average molecular weight is 276 g/mol. The maximum atomic E-state index is 11.7. The number of hydrogen-bond donors (Lipinski definition) is 4. The summed E-state index contributed by atoms with van der Waals surface area (Å²) < 4.78 is 5.28. The van der Waals surface area contributed by atoms with Crippen molar-refractivity contribution in [3.63, 3.8) is 0 Å². The molecule has 0 radical (unpaired) electrons. The Bertz CT molecular complexity index is 280. The lowest BCUT2D eigenvalue weighted by atomic mass is 9.92. The van der Waals surface area contributed by atoms with Crippen molar-refractivity contribution in [2.24, 2.45) is 0 Å². The van der Waals surface area contributed by atoms with Crippen LogP contribution in [0, 0.1) is 0 Å². The molecule has 112 valence electrons. The Balaban J connectivity index is 2.49. The molecule has 0 spiro atoms. The van der Waals surface area contributed by atoms with Gasteiger partial charge in [0.25, 0.3) is 0 Å². The number of hydrogen-bond acceptors (Lipinski definition) is 6. The van der Waals surface area contributed by atoms with E-state index in [4.69, 9.17) is 9.84 Å². The van der Waals surface area contributed by atoms with E-state index in [1.54, 1.807) is 0 Å². The molecule has 0 bridgehead atoms. The van der Waals surface area contributed by atoms with Gasteiger partial charge in [0.1, 0.15) is 30.2 Å². The van der Waals surface area contributed by atoms with Crippen LogP contribution in [0.3, 0.4) is 0 Å². The first-order valence-electron chi connectivity index (χ1n) is 6.83. The summed E-state index contributed by atoms with van der Waals surface area (Å²) in [5, 5.41) is 38.0. The molecule has 0 aromatic carbocycles. The van der Waals surface area contributed by atoms with Crippen LogP contribution in [0.25, 0.3) is 0 Å². The number of aliphatic hydroxyl groups is 4. The molecule has 0 amide bonds. The van der Waals surface area contributed by atoms with Gasteiger partial charge in [0.05, 0.1) is 12.7 Å². The molecule has 1 aliphatic heterocycles. The molecule has 1 rings (SSSR count). The molecule has 1 fully saturated rings. The van der Waals surface area contributed by atoms with Crippen molar-refractivity contribution in [1.29, 1.82) is 0 Å². The van der Waals surface area contributed by atoms with Crippen molar-refractivity contribution in [1.82, 2.24) is 0 Å². The largest absolute Gasteiger partial charge is 0.394 e. The molecule has 0 aliphatic carbocycles. The Morgan fingerprint density at radius 1 is 1.05 bits per heavy atom. The third-order valence-electron chi connectivity index (χ3n) is 3.48. The second kappa shape index (κ2) is 7.91. The van der Waals surface area contributed by atoms with Crippen LogP contribution in [-0.4, -0.2) is 63.3 Å². The highest BCUT2D eigenvalue weighted by atomic mass is 16.5. The van der Waals surface area contributed by atoms with E-state index in [0.717, 1.165) is 19.3 Å². The first-order valence-corrected chi connectivity index (χ1v) is 6.83. The van der Waals surface area contributed by atoms with E-state index in [-0.39, 0.29) is 12.2 Å². The monoisotopic (exact) mass is 276 g/mol. The quantitative estimate of drug-likeness (QED) is 0.461. The molecule has 0 saturated carbocycles. The topological polar surface area (TPSA) is 107 Å². The van der Waals surface area contributed by atoms with Crippen LogP contribution in [0.2, 0.25) is 0 Å². The highest BCUT2D eigenvalue weighted by Gasteiger charge is 2.43. The average Bonchev–Trinajstić information content (AvgIpc) is 2.39. The second-order valence-corrected chi connectivity index (χ2v) is 5.07. The van der Waals surface area contributed by atoms with Gasteiger partial charge in [0.15, 0.2) is 0 Å². The highest BCUT2D eigenvalue weighted by molar-refractivity contribution is 5.78. The van der Waals surface area contributed by atoms with E-state index in [1.807, 2.05) is 6.92 Å². The van der Waals surface area contributed by atoms with Gasteiger partial charge in [-0.05, 0) is 6.42 Å². The Morgan fingerprint density at radius 2 is 1.68 bits per heavy atom. The van der Waals surface area contributed by atoms with Gasteiger partial charge in [0, 0.05) is 12.8 Å². The summed E-state index contributed by atoms with van der Waals surface area (Å²) in [6, 6.07) is 0. The Labute approximate surface area is 113 Å². The van der Waals surface area contributed by atoms with Crippen molar-refractivity contribution in [2.45, 2.75) is 69.5 Å². The molecule has 6 nitrogen and oxygen atoms in total.